The first-order valence-corrected chi connectivity index (χ1v) is 11.6. The third-order valence-electron chi connectivity index (χ3n) is 6.21. The maximum atomic E-state index is 12.7. The van der Waals surface area contributed by atoms with Crippen molar-refractivity contribution in [2.45, 2.75) is 50.5 Å². The summed E-state index contributed by atoms with van der Waals surface area (Å²) in [6.45, 7) is 0.929. The van der Waals surface area contributed by atoms with E-state index < -0.39 is 11.7 Å². The summed E-state index contributed by atoms with van der Waals surface area (Å²) < 4.78 is 20.1. The van der Waals surface area contributed by atoms with Crippen LogP contribution in [0.15, 0.2) is 48.5 Å². The number of unbranched alkanes of at least 4 members (excludes halogenated alkanes) is 1. The Labute approximate surface area is 197 Å². The van der Waals surface area contributed by atoms with Crippen molar-refractivity contribution < 1.29 is 19.0 Å². The van der Waals surface area contributed by atoms with Gasteiger partial charge in [-0.1, -0.05) is 29.8 Å². The van der Waals surface area contributed by atoms with Crippen LogP contribution in [0, 0.1) is 0 Å². The molecule has 1 heterocycles. The van der Waals surface area contributed by atoms with Crippen LogP contribution >= 0.6 is 11.6 Å². The maximum absolute atomic E-state index is 12.7. The zero-order valence-corrected chi connectivity index (χ0v) is 19.4. The Kier molecular flexibility index (Phi) is 7.10. The molecule has 1 aliphatic rings. The molecule has 176 valence electrons. The summed E-state index contributed by atoms with van der Waals surface area (Å²) in [5, 5.41) is 18.8. The van der Waals surface area contributed by atoms with Crippen molar-refractivity contribution in [3.63, 3.8) is 0 Å². The van der Waals surface area contributed by atoms with E-state index in [2.05, 4.69) is 21.3 Å². The first-order valence-electron chi connectivity index (χ1n) is 11.2. The van der Waals surface area contributed by atoms with Crippen molar-refractivity contribution in [3.05, 3.63) is 64.8 Å². The number of aryl methyl sites for hydroxylation is 1. The van der Waals surface area contributed by atoms with Gasteiger partial charge in [-0.05, 0) is 43.2 Å². The Morgan fingerprint density at radius 2 is 2.03 bits per heavy atom. The largest absolute Gasteiger partial charge is 0.446 e. The number of ether oxygens (including phenoxy) is 1. The lowest BCUT2D eigenvalue weighted by Crippen LogP contribution is -2.47. The van der Waals surface area contributed by atoms with Gasteiger partial charge in [-0.3, -0.25) is 4.39 Å². The van der Waals surface area contributed by atoms with E-state index in [1.54, 1.807) is 0 Å². The third kappa shape index (κ3) is 5.09. The maximum Gasteiger partial charge on any atom is 0.407 e. The van der Waals surface area contributed by atoms with Crippen molar-refractivity contribution in [2.24, 2.45) is 0 Å². The minimum Gasteiger partial charge on any atom is -0.446 e. The highest BCUT2D eigenvalue weighted by Crippen LogP contribution is 2.45. The number of alkyl halides is 1. The smallest absolute Gasteiger partial charge is 0.407 e. The van der Waals surface area contributed by atoms with Gasteiger partial charge in [0, 0.05) is 59.3 Å². The normalized spacial score (nSPS) is 19.8. The summed E-state index contributed by atoms with van der Waals surface area (Å²) in [7, 11) is 1.51. The number of hydrogen-bond acceptors (Lipinski definition) is 4. The standard InChI is InChI=1S/C25H29ClFN3O3/c1-28-24(31)33-20-14-25(32,15-20)21-6-2-3-7-22(21)29-16-19-13-17-12-18(26)8-9-23(17)30(19)11-5-4-10-27/h2-3,6-9,12-13,20,29,32H,4-5,10-11,14-16H2,1H3,(H,28,31)/t20-,25-. The number of fused-ring (bicyclic) bond motifs is 1. The number of aliphatic hydroxyl groups is 1. The number of para-hydroxylation sites is 1. The monoisotopic (exact) mass is 473 g/mol. The van der Waals surface area contributed by atoms with Gasteiger partial charge in [0.15, 0.2) is 0 Å². The van der Waals surface area contributed by atoms with E-state index >= 15 is 0 Å². The van der Waals surface area contributed by atoms with Crippen molar-refractivity contribution >= 4 is 34.3 Å². The van der Waals surface area contributed by atoms with Gasteiger partial charge in [0.2, 0.25) is 0 Å². The Hall–Kier alpha value is -2.77. The number of carbonyl (C=O) groups excluding carboxylic acids is 1. The number of benzene rings is 2. The molecule has 2 aromatic carbocycles. The van der Waals surface area contributed by atoms with E-state index in [1.807, 2.05) is 42.5 Å². The van der Waals surface area contributed by atoms with Gasteiger partial charge in [-0.15, -0.1) is 0 Å². The number of carbonyl (C=O) groups is 1. The van der Waals surface area contributed by atoms with Gasteiger partial charge in [-0.25, -0.2) is 4.79 Å². The zero-order chi connectivity index (χ0) is 23.4. The lowest BCUT2D eigenvalue weighted by molar-refractivity contribution is -0.120. The van der Waals surface area contributed by atoms with E-state index in [0.717, 1.165) is 40.8 Å². The number of aromatic nitrogens is 1. The zero-order valence-electron chi connectivity index (χ0n) is 18.6. The predicted octanol–water partition coefficient (Wildman–Crippen LogP) is 5.36. The van der Waals surface area contributed by atoms with Crippen LogP contribution in [0.25, 0.3) is 10.9 Å². The van der Waals surface area contributed by atoms with E-state index in [9.17, 15) is 14.3 Å². The molecule has 0 bridgehead atoms. The molecule has 1 saturated carbocycles. The molecule has 1 fully saturated rings. The van der Waals surface area contributed by atoms with Crippen molar-refractivity contribution in [2.75, 3.05) is 19.0 Å². The summed E-state index contributed by atoms with van der Waals surface area (Å²) in [6.07, 6.45) is 1.16. The average Bonchev–Trinajstić information content (AvgIpc) is 3.13. The molecule has 8 heteroatoms. The molecule has 0 unspecified atom stereocenters. The molecule has 0 atom stereocenters. The number of anilines is 1. The van der Waals surface area contributed by atoms with Gasteiger partial charge in [-0.2, -0.15) is 0 Å². The quantitative estimate of drug-likeness (QED) is 0.365. The highest BCUT2D eigenvalue weighted by molar-refractivity contribution is 6.31. The fourth-order valence-electron chi connectivity index (χ4n) is 4.51. The predicted molar refractivity (Wildman–Crippen MR) is 128 cm³/mol. The van der Waals surface area contributed by atoms with Gasteiger partial charge in [0.05, 0.1) is 18.8 Å². The van der Waals surface area contributed by atoms with Crippen molar-refractivity contribution in [1.82, 2.24) is 9.88 Å². The molecule has 0 spiro atoms. The molecule has 33 heavy (non-hydrogen) atoms. The highest BCUT2D eigenvalue weighted by atomic mass is 35.5. The molecular formula is C25H29ClFN3O3. The molecule has 1 aliphatic carbocycles. The number of hydrogen-bond donors (Lipinski definition) is 3. The SMILES string of the molecule is CNC(=O)O[C@H]1C[C@@](O)(c2ccccc2NCc2cc3cc(Cl)ccc3n2CCCCF)C1. The second-order valence-electron chi connectivity index (χ2n) is 8.50. The van der Waals surface area contributed by atoms with Gasteiger partial charge in [0.25, 0.3) is 0 Å². The average molecular weight is 474 g/mol. The Balaban J connectivity index is 1.52. The first kappa shape index (κ1) is 23.4. The number of amides is 1. The molecular weight excluding hydrogens is 445 g/mol. The fraction of sp³-hybridized carbons (Fsp3) is 0.400. The van der Waals surface area contributed by atoms with Crippen LogP contribution in [0.4, 0.5) is 14.9 Å². The number of nitrogens with one attached hydrogen (secondary N) is 2. The lowest BCUT2D eigenvalue weighted by Gasteiger charge is -2.43. The van der Waals surface area contributed by atoms with Gasteiger partial charge < -0.3 is 25.0 Å². The summed E-state index contributed by atoms with van der Waals surface area (Å²) in [5.41, 5.74) is 2.68. The van der Waals surface area contributed by atoms with Crippen LogP contribution in [0.1, 0.15) is 36.9 Å². The van der Waals surface area contributed by atoms with E-state index in [1.165, 1.54) is 7.05 Å². The topological polar surface area (TPSA) is 75.5 Å². The number of alkyl carbamates (subject to hydrolysis) is 1. The molecule has 3 N–H and O–H groups in total. The number of nitrogens with zero attached hydrogens (tertiary/aromatic N) is 1. The Bertz CT molecular complexity index is 1130. The molecule has 6 nitrogen and oxygen atoms in total. The summed E-state index contributed by atoms with van der Waals surface area (Å²) in [6, 6.07) is 15.5. The molecule has 0 aliphatic heterocycles. The van der Waals surface area contributed by atoms with Crippen LogP contribution in [0.3, 0.4) is 0 Å². The van der Waals surface area contributed by atoms with Gasteiger partial charge in [0.1, 0.15) is 6.10 Å². The first-order chi connectivity index (χ1) is 15.9. The third-order valence-corrected chi connectivity index (χ3v) is 6.45. The minimum absolute atomic E-state index is 0.314. The van der Waals surface area contributed by atoms with Crippen LogP contribution in [0.2, 0.25) is 5.02 Å². The Morgan fingerprint density at radius 3 is 2.79 bits per heavy atom. The van der Waals surface area contributed by atoms with Crippen molar-refractivity contribution in [3.8, 4) is 0 Å². The summed E-state index contributed by atoms with van der Waals surface area (Å²) >= 11 is 6.19. The molecule has 4 rings (SSSR count). The molecule has 1 aromatic heterocycles. The van der Waals surface area contributed by atoms with Crippen LogP contribution in [-0.4, -0.2) is 35.6 Å². The molecule has 0 radical (unpaired) electrons. The summed E-state index contributed by atoms with van der Waals surface area (Å²) in [5.74, 6) is 0. The molecule has 1 amide bonds. The minimum atomic E-state index is -1.05. The van der Waals surface area contributed by atoms with Crippen LogP contribution in [-0.2, 0) is 23.4 Å². The highest BCUT2D eigenvalue weighted by Gasteiger charge is 2.47. The van der Waals surface area contributed by atoms with E-state index in [0.29, 0.717) is 30.8 Å². The molecule has 0 saturated heterocycles. The van der Waals surface area contributed by atoms with Crippen molar-refractivity contribution in [1.29, 1.82) is 0 Å². The van der Waals surface area contributed by atoms with Crippen LogP contribution < -0.4 is 10.6 Å². The lowest BCUT2D eigenvalue weighted by atomic mass is 9.72. The Morgan fingerprint density at radius 1 is 1.24 bits per heavy atom. The van der Waals surface area contributed by atoms with E-state index in [-0.39, 0.29) is 12.8 Å². The van der Waals surface area contributed by atoms with Gasteiger partial charge >= 0.3 is 6.09 Å². The second-order valence-corrected chi connectivity index (χ2v) is 8.94. The molecule has 3 aromatic rings. The number of halogens is 2. The second kappa shape index (κ2) is 10.0. The number of rotatable bonds is 9. The van der Waals surface area contributed by atoms with Crippen LogP contribution in [0.5, 0.6) is 0 Å². The van der Waals surface area contributed by atoms with E-state index in [4.69, 9.17) is 16.3 Å². The fourth-order valence-corrected chi connectivity index (χ4v) is 4.69. The summed E-state index contributed by atoms with van der Waals surface area (Å²) in [4.78, 5) is 11.5.